The summed E-state index contributed by atoms with van der Waals surface area (Å²) in [5, 5.41) is 0. The predicted octanol–water partition coefficient (Wildman–Crippen LogP) is 1.74. The first-order chi connectivity index (χ1) is 14.3. The van der Waals surface area contributed by atoms with Crippen molar-refractivity contribution in [3.05, 3.63) is 18.2 Å². The molecule has 2 atom stereocenters. The van der Waals surface area contributed by atoms with Crippen LogP contribution in [-0.2, 0) is 21.6 Å². The number of anilines is 2. The molecule has 30 heavy (non-hydrogen) atoms. The molecule has 2 N–H and O–H groups in total. The fourth-order valence-corrected chi connectivity index (χ4v) is 4.10. The molecule has 3 aromatic heterocycles. The first kappa shape index (κ1) is 19.1. The highest BCUT2D eigenvalue weighted by atomic mass is 16.5. The molecule has 0 aliphatic carbocycles. The van der Waals surface area contributed by atoms with Gasteiger partial charge in [0.15, 0.2) is 22.8 Å². The Bertz CT molecular complexity index is 1090. The van der Waals surface area contributed by atoms with Crippen LogP contribution in [0.5, 0.6) is 0 Å². The van der Waals surface area contributed by atoms with Crippen LogP contribution < -0.4 is 10.6 Å². The van der Waals surface area contributed by atoms with E-state index in [1.165, 1.54) is 0 Å². The van der Waals surface area contributed by atoms with Crippen molar-refractivity contribution in [3.63, 3.8) is 0 Å². The number of fused-ring (bicyclic) bond motifs is 3. The van der Waals surface area contributed by atoms with Gasteiger partial charge in [0.1, 0.15) is 11.4 Å². The zero-order valence-corrected chi connectivity index (χ0v) is 17.7. The third kappa shape index (κ3) is 3.07. The van der Waals surface area contributed by atoms with Crippen LogP contribution in [0.15, 0.2) is 12.4 Å². The largest absolute Gasteiger partial charge is 0.375 e. The lowest BCUT2D eigenvalue weighted by molar-refractivity contribution is -0.0530. The second-order valence-corrected chi connectivity index (χ2v) is 8.46. The number of hydrogen-bond acceptors (Lipinski definition) is 9. The first-order valence-corrected chi connectivity index (χ1v) is 10.2. The van der Waals surface area contributed by atoms with E-state index in [1.807, 2.05) is 13.8 Å². The molecule has 3 aromatic rings. The molecule has 0 amide bonds. The zero-order valence-electron chi connectivity index (χ0n) is 17.7. The predicted molar refractivity (Wildman–Crippen MR) is 112 cm³/mol. The highest BCUT2D eigenvalue weighted by Crippen LogP contribution is 2.35. The van der Waals surface area contributed by atoms with Crippen molar-refractivity contribution >= 4 is 22.9 Å². The third-order valence-electron chi connectivity index (χ3n) is 5.70. The van der Waals surface area contributed by atoms with Crippen molar-refractivity contribution in [2.24, 2.45) is 0 Å². The molecule has 158 valence electrons. The minimum absolute atomic E-state index is 0.103. The van der Waals surface area contributed by atoms with E-state index in [0.717, 1.165) is 29.4 Å². The molecule has 5 rings (SSSR count). The standard InChI is InChI=1S/C20H26N8O2/c1-11-10-29-12(2)9-28(11)17-14-16(27-5-6-30-20(3,4)18(27)24-14)25-15(26-17)13-7-22-19(21)23-8-13/h7-8,11-12H,5-6,9-10H2,1-4H3,(H2,21,22,23)/t11?,12-/m0/s1. The summed E-state index contributed by atoms with van der Waals surface area (Å²) in [5.74, 6) is 2.43. The number of nitrogens with two attached hydrogens (primary N) is 1. The Morgan fingerprint density at radius 1 is 1.13 bits per heavy atom. The van der Waals surface area contributed by atoms with Crippen LogP contribution >= 0.6 is 0 Å². The molecule has 1 saturated heterocycles. The SMILES string of the molecule is CC1CO[C@@H](C)CN1c1nc(-c2cnc(N)nc2)nc2c1nc1n2CCOC1(C)C. The monoisotopic (exact) mass is 410 g/mol. The van der Waals surface area contributed by atoms with E-state index in [0.29, 0.717) is 31.1 Å². The van der Waals surface area contributed by atoms with E-state index < -0.39 is 5.60 Å². The molecule has 2 aliphatic heterocycles. The Labute approximate surface area is 174 Å². The van der Waals surface area contributed by atoms with Gasteiger partial charge in [-0.05, 0) is 27.7 Å². The lowest BCUT2D eigenvalue weighted by Gasteiger charge is -2.37. The second-order valence-electron chi connectivity index (χ2n) is 8.46. The number of ether oxygens (including phenoxy) is 2. The summed E-state index contributed by atoms with van der Waals surface area (Å²) in [6.07, 6.45) is 3.41. The minimum Gasteiger partial charge on any atom is -0.375 e. The van der Waals surface area contributed by atoms with Gasteiger partial charge in [0.25, 0.3) is 0 Å². The zero-order chi connectivity index (χ0) is 21.0. The van der Waals surface area contributed by atoms with E-state index in [4.69, 9.17) is 30.2 Å². The molecular weight excluding hydrogens is 384 g/mol. The quantitative estimate of drug-likeness (QED) is 0.674. The normalized spacial score (nSPS) is 23.5. The molecule has 5 heterocycles. The van der Waals surface area contributed by atoms with Gasteiger partial charge >= 0.3 is 0 Å². The lowest BCUT2D eigenvalue weighted by Crippen LogP contribution is -2.48. The molecular formula is C20H26N8O2. The number of rotatable bonds is 2. The number of nitrogen functional groups attached to an aromatic ring is 1. The van der Waals surface area contributed by atoms with E-state index >= 15 is 0 Å². The summed E-state index contributed by atoms with van der Waals surface area (Å²) in [4.78, 5) is 25.2. The Kier molecular flexibility index (Phi) is 4.37. The maximum absolute atomic E-state index is 5.97. The lowest BCUT2D eigenvalue weighted by atomic mass is 10.1. The smallest absolute Gasteiger partial charge is 0.219 e. The van der Waals surface area contributed by atoms with Crippen molar-refractivity contribution in [2.75, 3.05) is 30.4 Å². The van der Waals surface area contributed by atoms with Crippen molar-refractivity contribution < 1.29 is 9.47 Å². The Balaban J connectivity index is 1.76. The molecule has 1 unspecified atom stereocenters. The number of morpholine rings is 1. The van der Waals surface area contributed by atoms with Crippen molar-refractivity contribution in [1.29, 1.82) is 0 Å². The maximum atomic E-state index is 5.97. The average Bonchev–Trinajstić information content (AvgIpc) is 3.10. The van der Waals surface area contributed by atoms with Gasteiger partial charge in [-0.25, -0.2) is 24.9 Å². The fraction of sp³-hybridized carbons (Fsp3) is 0.550. The minimum atomic E-state index is -0.495. The molecule has 2 aliphatic rings. The fourth-order valence-electron chi connectivity index (χ4n) is 4.10. The molecule has 0 bridgehead atoms. The Hall–Kier alpha value is -2.85. The van der Waals surface area contributed by atoms with Gasteiger partial charge in [0.05, 0.1) is 30.9 Å². The molecule has 0 radical (unpaired) electrons. The van der Waals surface area contributed by atoms with Crippen molar-refractivity contribution in [2.45, 2.75) is 52.0 Å². The summed E-state index contributed by atoms with van der Waals surface area (Å²) >= 11 is 0. The van der Waals surface area contributed by atoms with Gasteiger partial charge in [0.2, 0.25) is 5.95 Å². The summed E-state index contributed by atoms with van der Waals surface area (Å²) in [6.45, 7) is 10.9. The van der Waals surface area contributed by atoms with E-state index in [1.54, 1.807) is 12.4 Å². The molecule has 0 spiro atoms. The van der Waals surface area contributed by atoms with Gasteiger partial charge < -0.3 is 24.7 Å². The van der Waals surface area contributed by atoms with Crippen molar-refractivity contribution in [1.82, 2.24) is 29.5 Å². The highest BCUT2D eigenvalue weighted by Gasteiger charge is 2.35. The summed E-state index contributed by atoms with van der Waals surface area (Å²) in [5.41, 5.74) is 7.46. The highest BCUT2D eigenvalue weighted by molar-refractivity contribution is 5.86. The molecule has 10 nitrogen and oxygen atoms in total. The molecule has 1 fully saturated rings. The first-order valence-electron chi connectivity index (χ1n) is 10.2. The van der Waals surface area contributed by atoms with Gasteiger partial charge in [-0.1, -0.05) is 0 Å². The molecule has 0 aromatic carbocycles. The molecule has 0 saturated carbocycles. The van der Waals surface area contributed by atoms with Crippen LogP contribution in [0.25, 0.3) is 22.6 Å². The summed E-state index contributed by atoms with van der Waals surface area (Å²) in [6, 6.07) is 0.165. The molecule has 10 heteroatoms. The third-order valence-corrected chi connectivity index (χ3v) is 5.70. The second kappa shape index (κ2) is 6.85. The van der Waals surface area contributed by atoms with Gasteiger partial charge in [-0.15, -0.1) is 0 Å². The van der Waals surface area contributed by atoms with Crippen molar-refractivity contribution in [3.8, 4) is 11.4 Å². The van der Waals surface area contributed by atoms with Crippen LogP contribution in [0.1, 0.15) is 33.5 Å². The van der Waals surface area contributed by atoms with Crippen LogP contribution in [0.3, 0.4) is 0 Å². The topological polar surface area (TPSA) is 117 Å². The van der Waals surface area contributed by atoms with E-state index in [9.17, 15) is 0 Å². The Morgan fingerprint density at radius 2 is 1.90 bits per heavy atom. The number of imidazole rings is 1. The number of nitrogens with zero attached hydrogens (tertiary/aromatic N) is 7. The van der Waals surface area contributed by atoms with Gasteiger partial charge in [0, 0.05) is 25.5 Å². The van der Waals surface area contributed by atoms with Crippen LogP contribution in [0.2, 0.25) is 0 Å². The number of aromatic nitrogens is 6. The number of hydrogen-bond donors (Lipinski definition) is 1. The van der Waals surface area contributed by atoms with E-state index in [-0.39, 0.29) is 18.1 Å². The van der Waals surface area contributed by atoms with E-state index in [2.05, 4.69) is 33.3 Å². The van der Waals surface area contributed by atoms with Gasteiger partial charge in [-0.2, -0.15) is 0 Å². The van der Waals surface area contributed by atoms with Crippen LogP contribution in [-0.4, -0.2) is 61.4 Å². The van der Waals surface area contributed by atoms with Crippen LogP contribution in [0.4, 0.5) is 11.8 Å². The van der Waals surface area contributed by atoms with Gasteiger partial charge in [-0.3, -0.25) is 0 Å². The Morgan fingerprint density at radius 3 is 2.67 bits per heavy atom. The summed E-state index contributed by atoms with van der Waals surface area (Å²) in [7, 11) is 0. The average molecular weight is 410 g/mol. The van der Waals surface area contributed by atoms with Crippen LogP contribution in [0, 0.1) is 0 Å². The maximum Gasteiger partial charge on any atom is 0.219 e. The summed E-state index contributed by atoms with van der Waals surface area (Å²) < 4.78 is 13.9.